The molecule has 3 N–H and O–H groups in total. The molecular formula is C10H21N3OS. The lowest BCUT2D eigenvalue weighted by atomic mass is 10.2. The van der Waals surface area contributed by atoms with Gasteiger partial charge in [0.05, 0.1) is 0 Å². The summed E-state index contributed by atoms with van der Waals surface area (Å²) in [5, 5.41) is 0. The highest BCUT2D eigenvalue weighted by molar-refractivity contribution is 7.99. The van der Waals surface area contributed by atoms with Gasteiger partial charge in [0.2, 0.25) is 5.91 Å². The number of nitrogens with zero attached hydrogens (tertiary/aromatic N) is 1. The Morgan fingerprint density at radius 3 is 3.00 bits per heavy atom. The maximum absolute atomic E-state index is 10.9. The van der Waals surface area contributed by atoms with E-state index >= 15 is 0 Å². The molecule has 88 valence electrons. The number of nitrogens with one attached hydrogen (secondary N) is 1. The van der Waals surface area contributed by atoms with Crippen LogP contribution in [0, 0.1) is 0 Å². The van der Waals surface area contributed by atoms with Crippen LogP contribution >= 0.6 is 11.8 Å². The Morgan fingerprint density at radius 2 is 2.20 bits per heavy atom. The lowest BCUT2D eigenvalue weighted by Crippen LogP contribution is -2.30. The van der Waals surface area contributed by atoms with Crippen LogP contribution < -0.4 is 11.3 Å². The number of nitrogens with two attached hydrogens (primary N) is 1. The first kappa shape index (κ1) is 12.8. The van der Waals surface area contributed by atoms with E-state index in [1.807, 2.05) is 11.8 Å². The van der Waals surface area contributed by atoms with Crippen molar-refractivity contribution >= 4 is 17.7 Å². The van der Waals surface area contributed by atoms with Crippen LogP contribution in [0.25, 0.3) is 0 Å². The molecule has 0 aromatic heterocycles. The smallest absolute Gasteiger partial charge is 0.233 e. The molecule has 1 amide bonds. The van der Waals surface area contributed by atoms with Gasteiger partial charge in [-0.15, -0.1) is 0 Å². The second kappa shape index (κ2) is 7.96. The van der Waals surface area contributed by atoms with Gasteiger partial charge in [-0.3, -0.25) is 10.2 Å². The number of hydrogen-bond acceptors (Lipinski definition) is 4. The lowest BCUT2D eigenvalue weighted by molar-refractivity contribution is -0.121. The summed E-state index contributed by atoms with van der Waals surface area (Å²) < 4.78 is 0. The van der Waals surface area contributed by atoms with E-state index in [4.69, 9.17) is 5.84 Å². The summed E-state index contributed by atoms with van der Waals surface area (Å²) in [4.78, 5) is 13.4. The summed E-state index contributed by atoms with van der Waals surface area (Å²) in [6.45, 7) is 3.54. The largest absolute Gasteiger partial charge is 0.302 e. The van der Waals surface area contributed by atoms with Gasteiger partial charge in [0, 0.05) is 18.7 Å². The van der Waals surface area contributed by atoms with Crippen molar-refractivity contribution in [2.45, 2.75) is 25.7 Å². The number of hydrazine groups is 1. The molecule has 0 radical (unpaired) electrons. The van der Waals surface area contributed by atoms with Crippen LogP contribution in [-0.2, 0) is 4.79 Å². The fourth-order valence-corrected chi connectivity index (χ4v) is 2.64. The van der Waals surface area contributed by atoms with Crippen molar-refractivity contribution < 1.29 is 4.79 Å². The standard InChI is InChI=1S/C10H21N3OS/c11-12-10(14)4-1-2-5-13-6-3-8-15-9-7-13/h1-9,11H2,(H,12,14). The van der Waals surface area contributed by atoms with Gasteiger partial charge in [-0.2, -0.15) is 11.8 Å². The number of unbranched alkanes of at least 4 members (excludes halogenated alkanes) is 1. The predicted octanol–water partition coefficient (Wildman–Crippen LogP) is 0.585. The average molecular weight is 231 g/mol. The molecule has 0 aromatic rings. The zero-order chi connectivity index (χ0) is 10.9. The van der Waals surface area contributed by atoms with Crippen molar-refractivity contribution in [2.75, 3.05) is 31.1 Å². The minimum atomic E-state index is -0.0542. The van der Waals surface area contributed by atoms with Crippen molar-refractivity contribution in [2.24, 2.45) is 5.84 Å². The van der Waals surface area contributed by atoms with E-state index in [-0.39, 0.29) is 5.91 Å². The first-order chi connectivity index (χ1) is 7.33. The topological polar surface area (TPSA) is 58.4 Å². The van der Waals surface area contributed by atoms with E-state index < -0.39 is 0 Å². The molecule has 1 rings (SSSR count). The summed E-state index contributed by atoms with van der Waals surface area (Å²) in [6.07, 6.45) is 3.89. The van der Waals surface area contributed by atoms with E-state index in [0.717, 1.165) is 19.4 Å². The molecule has 0 bridgehead atoms. The zero-order valence-electron chi connectivity index (χ0n) is 9.21. The van der Waals surface area contributed by atoms with Crippen LogP contribution in [-0.4, -0.2) is 41.9 Å². The summed E-state index contributed by atoms with van der Waals surface area (Å²) in [5.74, 6) is 7.50. The van der Waals surface area contributed by atoms with Gasteiger partial charge >= 0.3 is 0 Å². The Morgan fingerprint density at radius 1 is 1.33 bits per heavy atom. The molecule has 15 heavy (non-hydrogen) atoms. The van der Waals surface area contributed by atoms with E-state index in [0.29, 0.717) is 6.42 Å². The molecule has 5 heteroatoms. The predicted molar refractivity (Wildman–Crippen MR) is 64.6 cm³/mol. The van der Waals surface area contributed by atoms with E-state index in [9.17, 15) is 4.79 Å². The van der Waals surface area contributed by atoms with Gasteiger partial charge < -0.3 is 4.90 Å². The summed E-state index contributed by atoms with van der Waals surface area (Å²) in [7, 11) is 0. The quantitative estimate of drug-likeness (QED) is 0.315. The molecule has 0 atom stereocenters. The van der Waals surface area contributed by atoms with Crippen LogP contribution in [0.3, 0.4) is 0 Å². The highest BCUT2D eigenvalue weighted by atomic mass is 32.2. The molecule has 4 nitrogen and oxygen atoms in total. The first-order valence-corrected chi connectivity index (χ1v) is 6.78. The van der Waals surface area contributed by atoms with Gasteiger partial charge in [0.1, 0.15) is 0 Å². The fraction of sp³-hybridized carbons (Fsp3) is 0.900. The number of hydrogen-bond donors (Lipinski definition) is 2. The van der Waals surface area contributed by atoms with Crippen molar-refractivity contribution in [3.05, 3.63) is 0 Å². The van der Waals surface area contributed by atoms with Crippen LogP contribution in [0.2, 0.25) is 0 Å². The molecule has 1 saturated heterocycles. The zero-order valence-corrected chi connectivity index (χ0v) is 10.0. The van der Waals surface area contributed by atoms with E-state index in [1.54, 1.807) is 0 Å². The van der Waals surface area contributed by atoms with Gasteiger partial charge in [-0.25, -0.2) is 5.84 Å². The van der Waals surface area contributed by atoms with Crippen LogP contribution in [0.4, 0.5) is 0 Å². The molecule has 1 aliphatic heterocycles. The fourth-order valence-electron chi connectivity index (χ4n) is 1.71. The Labute approximate surface area is 95.9 Å². The number of thioether (sulfide) groups is 1. The highest BCUT2D eigenvalue weighted by Crippen LogP contribution is 2.10. The van der Waals surface area contributed by atoms with E-state index in [2.05, 4.69) is 10.3 Å². The maximum Gasteiger partial charge on any atom is 0.233 e. The summed E-state index contributed by atoms with van der Waals surface area (Å²) >= 11 is 2.04. The summed E-state index contributed by atoms with van der Waals surface area (Å²) in [5.41, 5.74) is 2.16. The third-order valence-electron chi connectivity index (χ3n) is 2.60. The van der Waals surface area contributed by atoms with Crippen molar-refractivity contribution in [1.29, 1.82) is 0 Å². The number of rotatable bonds is 5. The molecule has 0 aliphatic carbocycles. The van der Waals surface area contributed by atoms with Gasteiger partial charge in [0.25, 0.3) is 0 Å². The Hall–Kier alpha value is -0.260. The second-order valence-corrected chi connectivity index (χ2v) is 5.06. The molecular weight excluding hydrogens is 210 g/mol. The lowest BCUT2D eigenvalue weighted by Gasteiger charge is -2.18. The van der Waals surface area contributed by atoms with Gasteiger partial charge in [-0.05, 0) is 38.1 Å². The van der Waals surface area contributed by atoms with Gasteiger partial charge in [-0.1, -0.05) is 0 Å². The average Bonchev–Trinajstić information content (AvgIpc) is 2.52. The maximum atomic E-state index is 10.9. The summed E-state index contributed by atoms with van der Waals surface area (Å²) in [6, 6.07) is 0. The molecule has 0 unspecified atom stereocenters. The SMILES string of the molecule is NNC(=O)CCCCN1CCCSCC1. The van der Waals surface area contributed by atoms with E-state index in [1.165, 1.54) is 31.0 Å². The molecule has 0 spiro atoms. The Bertz CT molecular complexity index is 182. The highest BCUT2D eigenvalue weighted by Gasteiger charge is 2.08. The van der Waals surface area contributed by atoms with Crippen LogP contribution in [0.1, 0.15) is 25.7 Å². The van der Waals surface area contributed by atoms with Crippen LogP contribution in [0.5, 0.6) is 0 Å². The minimum absolute atomic E-state index is 0.0542. The third-order valence-corrected chi connectivity index (χ3v) is 3.65. The number of amides is 1. The molecule has 1 heterocycles. The first-order valence-electron chi connectivity index (χ1n) is 5.62. The van der Waals surface area contributed by atoms with Crippen molar-refractivity contribution in [3.63, 3.8) is 0 Å². The second-order valence-electron chi connectivity index (χ2n) is 3.83. The van der Waals surface area contributed by atoms with Crippen LogP contribution in [0.15, 0.2) is 0 Å². The number of carbonyl (C=O) groups excluding carboxylic acids is 1. The molecule has 0 aromatic carbocycles. The molecule has 1 aliphatic rings. The van der Waals surface area contributed by atoms with Gasteiger partial charge in [0.15, 0.2) is 0 Å². The minimum Gasteiger partial charge on any atom is -0.302 e. The Kier molecular flexibility index (Phi) is 6.80. The molecule has 0 saturated carbocycles. The third kappa shape index (κ3) is 6.02. The number of carbonyl (C=O) groups is 1. The Balaban J connectivity index is 2.00. The normalized spacial score (nSPS) is 18.5. The molecule has 1 fully saturated rings. The van der Waals surface area contributed by atoms with Crippen molar-refractivity contribution in [3.8, 4) is 0 Å². The monoisotopic (exact) mass is 231 g/mol. The van der Waals surface area contributed by atoms with Crippen molar-refractivity contribution in [1.82, 2.24) is 10.3 Å².